The van der Waals surface area contributed by atoms with Crippen molar-refractivity contribution in [3.63, 3.8) is 0 Å². The molecule has 0 bridgehead atoms. The van der Waals surface area contributed by atoms with Gasteiger partial charge in [0.1, 0.15) is 6.54 Å². The van der Waals surface area contributed by atoms with Crippen LogP contribution >= 0.6 is 0 Å². The van der Waals surface area contributed by atoms with E-state index in [1.165, 1.54) is 0 Å². The molecule has 0 aromatic heterocycles. The van der Waals surface area contributed by atoms with E-state index in [-0.39, 0.29) is 0 Å². The third-order valence-corrected chi connectivity index (χ3v) is 2.59. The summed E-state index contributed by atoms with van der Waals surface area (Å²) in [6.45, 7) is 11.2. The molecule has 0 heterocycles. The third kappa shape index (κ3) is 7.82. The molecule has 0 amide bonds. The number of rotatable bonds is 5. The van der Waals surface area contributed by atoms with Crippen LogP contribution in [0.3, 0.4) is 0 Å². The number of aliphatic hydroxyl groups is 1. The normalized spacial score (nSPS) is 10.3. The van der Waals surface area contributed by atoms with Gasteiger partial charge < -0.3 is 19.8 Å². The van der Waals surface area contributed by atoms with E-state index in [1.54, 1.807) is 0 Å². The van der Waals surface area contributed by atoms with Crippen LogP contribution < -0.4 is 0 Å². The third-order valence-electron chi connectivity index (χ3n) is 2.59. The lowest BCUT2D eigenvalue weighted by atomic mass is 10.3. The van der Waals surface area contributed by atoms with Crippen molar-refractivity contribution in [1.82, 2.24) is 0 Å². The molecule has 0 spiro atoms. The maximum absolute atomic E-state index is 8.78. The summed E-state index contributed by atoms with van der Waals surface area (Å²) >= 11 is 0. The summed E-state index contributed by atoms with van der Waals surface area (Å²) in [6, 6.07) is 0. The molecule has 14 heavy (non-hydrogen) atoms. The number of carbonyl (C=O) groups is 1. The molecule has 0 aromatic carbocycles. The fourth-order valence-electron chi connectivity index (χ4n) is 1.36. The van der Waals surface area contributed by atoms with Crippen LogP contribution in [-0.2, 0) is 0 Å². The minimum Gasteiger partial charge on any atom is -0.450 e. The molecule has 3 N–H and O–H groups in total. The van der Waals surface area contributed by atoms with Crippen molar-refractivity contribution in [2.45, 2.75) is 20.8 Å². The second kappa shape index (κ2) is 8.77. The Morgan fingerprint density at radius 1 is 1.07 bits per heavy atom. The van der Waals surface area contributed by atoms with Crippen LogP contribution in [-0.4, -0.2) is 58.7 Å². The summed E-state index contributed by atoms with van der Waals surface area (Å²) in [6.07, 6.45) is -1.83. The standard InChI is InChI=1S/C8H20NO.CH2O3/c1-4-9(5-2,6-3)7-8-10;2-1(3)4/h10H,4-8H2,1-3H3;(H2,2,3,4)/q+1;. The highest BCUT2D eigenvalue weighted by atomic mass is 16.6. The second-order valence-electron chi connectivity index (χ2n) is 3.02. The van der Waals surface area contributed by atoms with Crippen molar-refractivity contribution in [1.29, 1.82) is 0 Å². The fraction of sp³-hybridized carbons (Fsp3) is 0.889. The van der Waals surface area contributed by atoms with E-state index in [0.717, 1.165) is 30.7 Å². The zero-order valence-electron chi connectivity index (χ0n) is 9.23. The van der Waals surface area contributed by atoms with Crippen LogP contribution in [0.1, 0.15) is 20.8 Å². The average molecular weight is 208 g/mol. The lowest BCUT2D eigenvalue weighted by molar-refractivity contribution is -0.923. The van der Waals surface area contributed by atoms with Gasteiger partial charge in [-0.2, -0.15) is 0 Å². The van der Waals surface area contributed by atoms with Gasteiger partial charge in [0.2, 0.25) is 0 Å². The lowest BCUT2D eigenvalue weighted by Crippen LogP contribution is -2.49. The van der Waals surface area contributed by atoms with Crippen LogP contribution in [0.15, 0.2) is 0 Å². The van der Waals surface area contributed by atoms with Crippen molar-refractivity contribution in [3.8, 4) is 0 Å². The molecule has 0 saturated carbocycles. The minimum absolute atomic E-state index is 0.315. The van der Waals surface area contributed by atoms with Gasteiger partial charge in [-0.1, -0.05) is 0 Å². The van der Waals surface area contributed by atoms with E-state index < -0.39 is 6.16 Å². The molecule has 0 aliphatic rings. The van der Waals surface area contributed by atoms with Gasteiger partial charge in [0, 0.05) is 0 Å². The van der Waals surface area contributed by atoms with Crippen molar-refractivity contribution >= 4 is 6.16 Å². The van der Waals surface area contributed by atoms with E-state index >= 15 is 0 Å². The molecule has 0 aliphatic carbocycles. The monoisotopic (exact) mass is 208 g/mol. The van der Waals surface area contributed by atoms with Gasteiger partial charge in [0.25, 0.3) is 0 Å². The highest BCUT2D eigenvalue weighted by Crippen LogP contribution is 2.03. The Hall–Kier alpha value is -0.810. The minimum atomic E-state index is -1.83. The van der Waals surface area contributed by atoms with Crippen LogP contribution in [0.2, 0.25) is 0 Å². The molecule has 5 nitrogen and oxygen atoms in total. The first-order chi connectivity index (χ1) is 6.47. The summed E-state index contributed by atoms with van der Waals surface area (Å²) in [7, 11) is 0. The van der Waals surface area contributed by atoms with Crippen molar-refractivity contribution in [2.75, 3.05) is 32.8 Å². The first kappa shape index (κ1) is 15.7. The number of aliphatic hydroxyl groups excluding tert-OH is 1. The van der Waals surface area contributed by atoms with E-state index in [9.17, 15) is 0 Å². The van der Waals surface area contributed by atoms with Crippen LogP contribution in [0.5, 0.6) is 0 Å². The predicted molar refractivity (Wildman–Crippen MR) is 54.5 cm³/mol. The Morgan fingerprint density at radius 3 is 1.43 bits per heavy atom. The molecular weight excluding hydrogens is 186 g/mol. The van der Waals surface area contributed by atoms with Crippen molar-refractivity contribution in [2.24, 2.45) is 0 Å². The van der Waals surface area contributed by atoms with Gasteiger partial charge >= 0.3 is 6.16 Å². The second-order valence-corrected chi connectivity index (χ2v) is 3.02. The van der Waals surface area contributed by atoms with Gasteiger partial charge in [-0.25, -0.2) is 4.79 Å². The summed E-state index contributed by atoms with van der Waals surface area (Å²) < 4.78 is 1.05. The summed E-state index contributed by atoms with van der Waals surface area (Å²) in [5, 5.41) is 22.7. The predicted octanol–water partition coefficient (Wildman–Crippen LogP) is 1.08. The zero-order valence-corrected chi connectivity index (χ0v) is 9.23. The SMILES string of the molecule is CC[N+](CC)(CC)CCO.O=C(O)O. The van der Waals surface area contributed by atoms with E-state index in [4.69, 9.17) is 20.1 Å². The summed E-state index contributed by atoms with van der Waals surface area (Å²) in [5.74, 6) is 0. The Labute approximate surface area is 85.2 Å². The van der Waals surface area contributed by atoms with E-state index in [1.807, 2.05) is 0 Å². The average Bonchev–Trinajstić information content (AvgIpc) is 2.14. The maximum atomic E-state index is 8.78. The number of quaternary nitrogens is 1. The molecule has 0 atom stereocenters. The number of hydrogen-bond acceptors (Lipinski definition) is 2. The molecule has 0 radical (unpaired) electrons. The van der Waals surface area contributed by atoms with E-state index in [2.05, 4.69) is 20.8 Å². The topological polar surface area (TPSA) is 77.8 Å². The Bertz CT molecular complexity index is 133. The first-order valence-electron chi connectivity index (χ1n) is 4.85. The quantitative estimate of drug-likeness (QED) is 0.591. The number of carboxylic acid groups (broad SMARTS) is 2. The molecule has 5 heteroatoms. The van der Waals surface area contributed by atoms with Crippen LogP contribution in [0, 0.1) is 0 Å². The smallest absolute Gasteiger partial charge is 0.450 e. The molecule has 0 aliphatic heterocycles. The van der Waals surface area contributed by atoms with Crippen LogP contribution in [0.25, 0.3) is 0 Å². The summed E-state index contributed by atoms with van der Waals surface area (Å²) in [4.78, 5) is 8.56. The number of hydrogen-bond donors (Lipinski definition) is 3. The highest BCUT2D eigenvalue weighted by Gasteiger charge is 2.18. The Balaban J connectivity index is 0. The van der Waals surface area contributed by atoms with Gasteiger partial charge in [-0.15, -0.1) is 0 Å². The van der Waals surface area contributed by atoms with Gasteiger partial charge in [0.05, 0.1) is 26.2 Å². The summed E-state index contributed by atoms with van der Waals surface area (Å²) in [5.41, 5.74) is 0. The molecule has 0 fully saturated rings. The molecule has 0 unspecified atom stereocenters. The molecule has 0 saturated heterocycles. The van der Waals surface area contributed by atoms with Crippen LogP contribution in [0.4, 0.5) is 4.79 Å². The number of likely N-dealkylation sites (N-methyl/N-ethyl adjacent to an activating group) is 1. The highest BCUT2D eigenvalue weighted by molar-refractivity contribution is 5.53. The van der Waals surface area contributed by atoms with Crippen molar-refractivity contribution in [3.05, 3.63) is 0 Å². The fourth-order valence-corrected chi connectivity index (χ4v) is 1.36. The molecular formula is C9H22NO4+. The first-order valence-corrected chi connectivity index (χ1v) is 4.85. The zero-order chi connectivity index (χ0) is 11.6. The van der Waals surface area contributed by atoms with E-state index in [0.29, 0.717) is 6.61 Å². The lowest BCUT2D eigenvalue weighted by Gasteiger charge is -2.34. The largest absolute Gasteiger partial charge is 0.503 e. The van der Waals surface area contributed by atoms with Gasteiger partial charge in [-0.3, -0.25) is 0 Å². The molecule has 86 valence electrons. The maximum Gasteiger partial charge on any atom is 0.503 e. The molecule has 0 rings (SSSR count). The van der Waals surface area contributed by atoms with Gasteiger partial charge in [-0.05, 0) is 20.8 Å². The molecule has 0 aromatic rings. The number of nitrogens with zero attached hydrogens (tertiary/aromatic N) is 1. The van der Waals surface area contributed by atoms with Crippen molar-refractivity contribution < 1.29 is 24.6 Å². The Morgan fingerprint density at radius 2 is 1.36 bits per heavy atom. The van der Waals surface area contributed by atoms with Gasteiger partial charge in [0.15, 0.2) is 0 Å². The Kier molecular flexibility index (Phi) is 9.81.